The van der Waals surface area contributed by atoms with Gasteiger partial charge in [0.05, 0.1) is 32.4 Å². The van der Waals surface area contributed by atoms with Gasteiger partial charge in [0.1, 0.15) is 5.39 Å². The van der Waals surface area contributed by atoms with Crippen molar-refractivity contribution in [3.63, 3.8) is 0 Å². The Kier molecular flexibility index (Phi) is 2.62. The van der Waals surface area contributed by atoms with Crippen molar-refractivity contribution in [2.45, 2.75) is 6.67 Å². The van der Waals surface area contributed by atoms with Crippen molar-refractivity contribution in [3.8, 4) is 0 Å². The smallest absolute Gasteiger partial charge is 0.261 e. The Morgan fingerprint density at radius 2 is 2.24 bits per heavy atom. The standard InChI is InChI=1S/C10H13N5O2/c16-10-8-5-13-15(9(8)11-6-12-10)7-14-1-3-17-4-2-14/h5-6H,1-4,7H2,(H,11,12,16). The minimum absolute atomic E-state index is 0.150. The van der Waals surface area contributed by atoms with Gasteiger partial charge >= 0.3 is 0 Å². The van der Waals surface area contributed by atoms with Crippen LogP contribution in [0.4, 0.5) is 0 Å². The number of rotatable bonds is 2. The quantitative estimate of drug-likeness (QED) is 0.753. The van der Waals surface area contributed by atoms with E-state index in [0.717, 1.165) is 26.3 Å². The van der Waals surface area contributed by atoms with E-state index in [2.05, 4.69) is 20.0 Å². The molecule has 0 unspecified atom stereocenters. The van der Waals surface area contributed by atoms with Gasteiger partial charge in [-0.2, -0.15) is 5.10 Å². The number of nitrogens with zero attached hydrogens (tertiary/aromatic N) is 4. The minimum atomic E-state index is -0.150. The topological polar surface area (TPSA) is 76.0 Å². The van der Waals surface area contributed by atoms with Crippen molar-refractivity contribution in [1.82, 2.24) is 24.6 Å². The summed E-state index contributed by atoms with van der Waals surface area (Å²) in [5.74, 6) is 0. The molecular formula is C10H13N5O2. The van der Waals surface area contributed by atoms with Gasteiger partial charge < -0.3 is 9.72 Å². The number of fused-ring (bicyclic) bond motifs is 1. The Labute approximate surface area is 97.0 Å². The van der Waals surface area contributed by atoms with Crippen molar-refractivity contribution in [3.05, 3.63) is 22.9 Å². The molecule has 0 atom stereocenters. The van der Waals surface area contributed by atoms with Crippen molar-refractivity contribution < 1.29 is 4.74 Å². The minimum Gasteiger partial charge on any atom is -0.379 e. The Morgan fingerprint density at radius 3 is 3.06 bits per heavy atom. The summed E-state index contributed by atoms with van der Waals surface area (Å²) in [6.45, 7) is 3.89. The summed E-state index contributed by atoms with van der Waals surface area (Å²) >= 11 is 0. The largest absolute Gasteiger partial charge is 0.379 e. The number of aromatic amines is 1. The van der Waals surface area contributed by atoms with Gasteiger partial charge in [-0.05, 0) is 0 Å². The first-order chi connectivity index (χ1) is 8.34. The van der Waals surface area contributed by atoms with Gasteiger partial charge in [0.2, 0.25) is 0 Å². The third-order valence-corrected chi connectivity index (χ3v) is 2.88. The molecule has 1 aliphatic heterocycles. The molecule has 7 heteroatoms. The van der Waals surface area contributed by atoms with Crippen LogP contribution in [-0.2, 0) is 11.4 Å². The molecule has 2 aromatic rings. The van der Waals surface area contributed by atoms with Crippen LogP contribution in [-0.4, -0.2) is 51.0 Å². The molecule has 7 nitrogen and oxygen atoms in total. The first-order valence-corrected chi connectivity index (χ1v) is 5.54. The molecule has 1 fully saturated rings. The van der Waals surface area contributed by atoms with Crippen LogP contribution < -0.4 is 5.56 Å². The van der Waals surface area contributed by atoms with E-state index in [0.29, 0.717) is 17.7 Å². The van der Waals surface area contributed by atoms with Crippen LogP contribution in [0.2, 0.25) is 0 Å². The summed E-state index contributed by atoms with van der Waals surface area (Å²) in [5.41, 5.74) is 0.475. The second-order valence-corrected chi connectivity index (χ2v) is 3.98. The first-order valence-electron chi connectivity index (χ1n) is 5.54. The fourth-order valence-corrected chi connectivity index (χ4v) is 1.94. The van der Waals surface area contributed by atoms with E-state index >= 15 is 0 Å². The molecule has 1 saturated heterocycles. The number of hydrogen-bond donors (Lipinski definition) is 1. The maximum atomic E-state index is 11.5. The monoisotopic (exact) mass is 235 g/mol. The van der Waals surface area contributed by atoms with Gasteiger partial charge in [-0.1, -0.05) is 0 Å². The molecule has 0 aliphatic carbocycles. The lowest BCUT2D eigenvalue weighted by Gasteiger charge is -2.26. The zero-order valence-electron chi connectivity index (χ0n) is 9.30. The summed E-state index contributed by atoms with van der Waals surface area (Å²) in [7, 11) is 0. The highest BCUT2D eigenvalue weighted by molar-refractivity contribution is 5.72. The molecule has 90 valence electrons. The maximum absolute atomic E-state index is 11.5. The maximum Gasteiger partial charge on any atom is 0.261 e. The second kappa shape index (κ2) is 4.27. The normalized spacial score (nSPS) is 17.6. The van der Waals surface area contributed by atoms with Gasteiger partial charge in [-0.25, -0.2) is 9.67 Å². The highest BCUT2D eigenvalue weighted by Crippen LogP contribution is 2.06. The van der Waals surface area contributed by atoms with Crippen LogP contribution in [0.15, 0.2) is 17.3 Å². The molecule has 3 rings (SSSR count). The first kappa shape index (κ1) is 10.4. The molecular weight excluding hydrogens is 222 g/mol. The van der Waals surface area contributed by atoms with E-state index < -0.39 is 0 Å². The molecule has 1 N–H and O–H groups in total. The van der Waals surface area contributed by atoms with E-state index in [1.54, 1.807) is 10.9 Å². The fraction of sp³-hybridized carbons (Fsp3) is 0.500. The predicted octanol–water partition coefficient (Wildman–Crippen LogP) is -0.591. The number of aromatic nitrogens is 4. The molecule has 0 aromatic carbocycles. The molecule has 0 saturated carbocycles. The van der Waals surface area contributed by atoms with Crippen molar-refractivity contribution >= 4 is 11.0 Å². The Hall–Kier alpha value is -1.73. The predicted molar refractivity (Wildman–Crippen MR) is 60.5 cm³/mol. The number of hydrogen-bond acceptors (Lipinski definition) is 5. The summed E-state index contributed by atoms with van der Waals surface area (Å²) in [4.78, 5) is 20.4. The average molecular weight is 235 g/mol. The third kappa shape index (κ3) is 1.94. The summed E-state index contributed by atoms with van der Waals surface area (Å²) < 4.78 is 7.03. The number of ether oxygens (including phenoxy) is 1. The van der Waals surface area contributed by atoms with Crippen LogP contribution in [0.3, 0.4) is 0 Å². The van der Waals surface area contributed by atoms with Crippen LogP contribution in [0.1, 0.15) is 0 Å². The van der Waals surface area contributed by atoms with Gasteiger partial charge in [-0.15, -0.1) is 0 Å². The zero-order chi connectivity index (χ0) is 11.7. The Balaban J connectivity index is 1.90. The van der Waals surface area contributed by atoms with Crippen molar-refractivity contribution in [2.24, 2.45) is 0 Å². The summed E-state index contributed by atoms with van der Waals surface area (Å²) in [6, 6.07) is 0. The van der Waals surface area contributed by atoms with Gasteiger partial charge in [-0.3, -0.25) is 9.69 Å². The van der Waals surface area contributed by atoms with E-state index in [9.17, 15) is 4.79 Å². The SMILES string of the molecule is O=c1[nH]cnc2c1cnn2CN1CCOCC1. The molecule has 3 heterocycles. The van der Waals surface area contributed by atoms with E-state index in [-0.39, 0.29) is 5.56 Å². The highest BCUT2D eigenvalue weighted by Gasteiger charge is 2.13. The average Bonchev–Trinajstić information content (AvgIpc) is 2.76. The lowest BCUT2D eigenvalue weighted by atomic mass is 10.4. The number of morpholine rings is 1. The number of nitrogens with one attached hydrogen (secondary N) is 1. The van der Waals surface area contributed by atoms with Gasteiger partial charge in [0.25, 0.3) is 5.56 Å². The van der Waals surface area contributed by atoms with Crippen LogP contribution in [0.25, 0.3) is 11.0 Å². The molecule has 2 aromatic heterocycles. The van der Waals surface area contributed by atoms with E-state index in [1.807, 2.05) is 0 Å². The zero-order valence-corrected chi connectivity index (χ0v) is 9.30. The molecule has 0 bridgehead atoms. The van der Waals surface area contributed by atoms with Gasteiger partial charge in [0, 0.05) is 13.1 Å². The van der Waals surface area contributed by atoms with Crippen LogP contribution >= 0.6 is 0 Å². The Bertz CT molecular complexity index is 569. The fourth-order valence-electron chi connectivity index (χ4n) is 1.94. The van der Waals surface area contributed by atoms with E-state index in [1.165, 1.54) is 6.33 Å². The third-order valence-electron chi connectivity index (χ3n) is 2.88. The van der Waals surface area contributed by atoms with Crippen molar-refractivity contribution in [1.29, 1.82) is 0 Å². The van der Waals surface area contributed by atoms with Crippen LogP contribution in [0.5, 0.6) is 0 Å². The molecule has 0 amide bonds. The van der Waals surface area contributed by atoms with Crippen molar-refractivity contribution in [2.75, 3.05) is 26.3 Å². The highest BCUT2D eigenvalue weighted by atomic mass is 16.5. The van der Waals surface area contributed by atoms with Gasteiger partial charge in [0.15, 0.2) is 5.65 Å². The molecule has 1 aliphatic rings. The summed E-state index contributed by atoms with van der Waals surface area (Å²) in [6.07, 6.45) is 2.96. The lowest BCUT2D eigenvalue weighted by molar-refractivity contribution is 0.0220. The Morgan fingerprint density at radius 1 is 1.41 bits per heavy atom. The number of H-pyrrole nitrogens is 1. The molecule has 0 spiro atoms. The molecule has 17 heavy (non-hydrogen) atoms. The second-order valence-electron chi connectivity index (χ2n) is 3.98. The lowest BCUT2D eigenvalue weighted by Crippen LogP contribution is -2.37. The molecule has 0 radical (unpaired) electrons. The van der Waals surface area contributed by atoms with E-state index in [4.69, 9.17) is 4.74 Å². The summed E-state index contributed by atoms with van der Waals surface area (Å²) in [5, 5.41) is 4.73. The van der Waals surface area contributed by atoms with Crippen LogP contribution in [0, 0.1) is 0 Å².